The third-order valence-electron chi connectivity index (χ3n) is 5.12. The maximum atomic E-state index is 12.9. The van der Waals surface area contributed by atoms with E-state index in [2.05, 4.69) is 15.5 Å². The van der Waals surface area contributed by atoms with Crippen LogP contribution >= 0.6 is 0 Å². The van der Waals surface area contributed by atoms with Crippen molar-refractivity contribution in [1.82, 2.24) is 15.1 Å². The lowest BCUT2D eigenvalue weighted by molar-refractivity contribution is 0.0889. The highest BCUT2D eigenvalue weighted by molar-refractivity contribution is 6.08. The molecular formula is C26H28N4O3. The molecule has 0 saturated heterocycles. The Morgan fingerprint density at radius 3 is 2.61 bits per heavy atom. The van der Waals surface area contributed by atoms with Crippen LogP contribution in [0.2, 0.25) is 0 Å². The van der Waals surface area contributed by atoms with Crippen LogP contribution in [0.15, 0.2) is 72.8 Å². The Kier molecular flexibility index (Phi) is 7.34. The van der Waals surface area contributed by atoms with Crippen LogP contribution in [0.3, 0.4) is 0 Å². The molecule has 1 aromatic heterocycles. The van der Waals surface area contributed by atoms with Gasteiger partial charge in [0, 0.05) is 23.6 Å². The first-order chi connectivity index (χ1) is 16.1. The zero-order valence-corrected chi connectivity index (χ0v) is 18.9. The summed E-state index contributed by atoms with van der Waals surface area (Å²) in [6, 6.07) is 23.3. The quantitative estimate of drug-likeness (QED) is 0.353. The van der Waals surface area contributed by atoms with E-state index in [-0.39, 0.29) is 5.91 Å². The van der Waals surface area contributed by atoms with Gasteiger partial charge in [-0.1, -0.05) is 48.5 Å². The second kappa shape index (κ2) is 10.8. The lowest BCUT2D eigenvalue weighted by Crippen LogP contribution is -2.18. The number of nitrogens with zero attached hydrogens (tertiary/aromatic N) is 2. The minimum absolute atomic E-state index is 0.184. The smallest absolute Gasteiger partial charge is 0.257 e. The molecule has 33 heavy (non-hydrogen) atoms. The van der Waals surface area contributed by atoms with Gasteiger partial charge in [0.25, 0.3) is 5.91 Å². The number of amides is 1. The molecule has 0 spiro atoms. The van der Waals surface area contributed by atoms with Gasteiger partial charge in [0.2, 0.25) is 0 Å². The first-order valence-electron chi connectivity index (χ1n) is 10.9. The average Bonchev–Trinajstić information content (AvgIpc) is 3.21. The van der Waals surface area contributed by atoms with Crippen molar-refractivity contribution in [3.63, 3.8) is 0 Å². The number of hydrogen-bond donors (Lipinski definition) is 2. The number of carbonyl (C=O) groups is 1. The van der Waals surface area contributed by atoms with E-state index in [1.54, 1.807) is 0 Å². The number of aromatic nitrogens is 2. The molecule has 1 amide bonds. The minimum atomic E-state index is -0.184. The van der Waals surface area contributed by atoms with Crippen molar-refractivity contribution in [2.45, 2.75) is 13.2 Å². The molecule has 1 heterocycles. The summed E-state index contributed by atoms with van der Waals surface area (Å²) < 4.78 is 11.5. The van der Waals surface area contributed by atoms with Gasteiger partial charge in [0.15, 0.2) is 5.82 Å². The molecule has 7 heteroatoms. The normalized spacial score (nSPS) is 11.1. The fourth-order valence-electron chi connectivity index (χ4n) is 3.56. The number of carbonyl (C=O) groups excluding carboxylic acids is 1. The van der Waals surface area contributed by atoms with Gasteiger partial charge in [-0.25, -0.2) is 0 Å². The Morgan fingerprint density at radius 1 is 1.00 bits per heavy atom. The molecule has 0 fully saturated rings. The summed E-state index contributed by atoms with van der Waals surface area (Å²) >= 11 is 0. The molecule has 2 N–H and O–H groups in total. The van der Waals surface area contributed by atoms with Crippen LogP contribution in [0.4, 0.5) is 5.82 Å². The van der Waals surface area contributed by atoms with Crippen molar-refractivity contribution >= 4 is 22.6 Å². The standard InChI is InChI=1S/C26H28N4O3/c1-30(2)17-20-10-6-7-11-22(20)26(31)27-25-23-13-12-21(16-24(23)28-29-25)33-15-14-32-18-19-8-4-3-5-9-19/h3-13,16H,14-15,17-18H2,1-2H3,(H2,27,28,29,31). The Morgan fingerprint density at radius 2 is 1.79 bits per heavy atom. The molecular weight excluding hydrogens is 416 g/mol. The monoisotopic (exact) mass is 444 g/mol. The van der Waals surface area contributed by atoms with E-state index in [1.807, 2.05) is 91.8 Å². The average molecular weight is 445 g/mol. The Hall–Kier alpha value is -3.68. The summed E-state index contributed by atoms with van der Waals surface area (Å²) in [7, 11) is 3.95. The van der Waals surface area contributed by atoms with E-state index in [1.165, 1.54) is 0 Å². The predicted octanol–water partition coefficient (Wildman–Crippen LogP) is 4.47. The molecule has 4 aromatic rings. The van der Waals surface area contributed by atoms with E-state index in [4.69, 9.17) is 9.47 Å². The minimum Gasteiger partial charge on any atom is -0.491 e. The third-order valence-corrected chi connectivity index (χ3v) is 5.12. The molecule has 7 nitrogen and oxygen atoms in total. The van der Waals surface area contributed by atoms with Crippen LogP contribution in [0.25, 0.3) is 10.9 Å². The summed E-state index contributed by atoms with van der Waals surface area (Å²) in [6.07, 6.45) is 0. The first-order valence-corrected chi connectivity index (χ1v) is 10.9. The second-order valence-corrected chi connectivity index (χ2v) is 8.02. The lowest BCUT2D eigenvalue weighted by atomic mass is 10.1. The fraction of sp³-hybridized carbons (Fsp3) is 0.231. The number of nitrogens with one attached hydrogen (secondary N) is 2. The Labute approximate surface area is 193 Å². The highest BCUT2D eigenvalue weighted by Gasteiger charge is 2.15. The maximum Gasteiger partial charge on any atom is 0.257 e. The summed E-state index contributed by atoms with van der Waals surface area (Å²) in [5.74, 6) is 1.02. The molecule has 0 atom stereocenters. The van der Waals surface area contributed by atoms with Crippen LogP contribution in [0.1, 0.15) is 21.5 Å². The number of H-pyrrole nitrogens is 1. The van der Waals surface area contributed by atoms with Gasteiger partial charge >= 0.3 is 0 Å². The molecule has 0 aliphatic heterocycles. The molecule has 170 valence electrons. The maximum absolute atomic E-state index is 12.9. The number of fused-ring (bicyclic) bond motifs is 1. The van der Waals surface area contributed by atoms with Gasteiger partial charge in [0.05, 0.1) is 18.7 Å². The number of benzene rings is 3. The van der Waals surface area contributed by atoms with Crippen LogP contribution in [-0.2, 0) is 17.9 Å². The SMILES string of the molecule is CN(C)Cc1ccccc1C(=O)Nc1n[nH]c2cc(OCCOCc3ccccc3)ccc12. The largest absolute Gasteiger partial charge is 0.491 e. The van der Waals surface area contributed by atoms with Crippen molar-refractivity contribution in [3.8, 4) is 5.75 Å². The summed E-state index contributed by atoms with van der Waals surface area (Å²) in [5.41, 5.74) is 3.52. The second-order valence-electron chi connectivity index (χ2n) is 8.02. The highest BCUT2D eigenvalue weighted by Crippen LogP contribution is 2.25. The van der Waals surface area contributed by atoms with E-state index in [9.17, 15) is 4.79 Å². The molecule has 0 unspecified atom stereocenters. The summed E-state index contributed by atoms with van der Waals surface area (Å²) in [4.78, 5) is 14.9. The zero-order valence-electron chi connectivity index (χ0n) is 18.9. The van der Waals surface area contributed by atoms with E-state index >= 15 is 0 Å². The Bertz CT molecular complexity index is 1200. The van der Waals surface area contributed by atoms with Crippen LogP contribution in [0.5, 0.6) is 5.75 Å². The third kappa shape index (κ3) is 5.97. The van der Waals surface area contributed by atoms with Crippen LogP contribution < -0.4 is 10.1 Å². The van der Waals surface area contributed by atoms with E-state index < -0.39 is 0 Å². The van der Waals surface area contributed by atoms with Gasteiger partial charge in [-0.05, 0) is 43.4 Å². The van der Waals surface area contributed by atoms with Crippen molar-refractivity contribution in [3.05, 3.63) is 89.5 Å². The number of ether oxygens (including phenoxy) is 2. The number of anilines is 1. The molecule has 0 bridgehead atoms. The number of rotatable bonds is 10. The van der Waals surface area contributed by atoms with Crippen LogP contribution in [0, 0.1) is 0 Å². The number of aromatic amines is 1. The fourth-order valence-corrected chi connectivity index (χ4v) is 3.56. The van der Waals surface area contributed by atoms with Gasteiger partial charge < -0.3 is 19.7 Å². The molecule has 3 aromatic carbocycles. The van der Waals surface area contributed by atoms with Crippen molar-refractivity contribution in [2.75, 3.05) is 32.6 Å². The molecule has 0 aliphatic carbocycles. The van der Waals surface area contributed by atoms with Gasteiger partial charge in [-0.2, -0.15) is 5.10 Å². The predicted molar refractivity (Wildman–Crippen MR) is 129 cm³/mol. The Balaban J connectivity index is 1.35. The number of hydrogen-bond acceptors (Lipinski definition) is 5. The molecule has 4 rings (SSSR count). The van der Waals surface area contributed by atoms with Crippen molar-refractivity contribution in [2.24, 2.45) is 0 Å². The summed E-state index contributed by atoms with van der Waals surface area (Å²) in [6.45, 7) is 2.17. The molecule has 0 saturated carbocycles. The van der Waals surface area contributed by atoms with Crippen LogP contribution in [-0.4, -0.2) is 48.3 Å². The van der Waals surface area contributed by atoms with Crippen molar-refractivity contribution < 1.29 is 14.3 Å². The first kappa shape index (κ1) is 22.5. The molecule has 0 aliphatic rings. The van der Waals surface area contributed by atoms with Gasteiger partial charge in [0.1, 0.15) is 12.4 Å². The van der Waals surface area contributed by atoms with E-state index in [0.717, 1.165) is 22.0 Å². The molecule has 0 radical (unpaired) electrons. The van der Waals surface area contributed by atoms with Gasteiger partial charge in [-0.15, -0.1) is 0 Å². The topological polar surface area (TPSA) is 79.5 Å². The van der Waals surface area contributed by atoms with Crippen molar-refractivity contribution in [1.29, 1.82) is 0 Å². The van der Waals surface area contributed by atoms with E-state index in [0.29, 0.717) is 43.5 Å². The highest BCUT2D eigenvalue weighted by atomic mass is 16.5. The van der Waals surface area contributed by atoms with Gasteiger partial charge in [-0.3, -0.25) is 9.89 Å². The zero-order chi connectivity index (χ0) is 23.0. The summed E-state index contributed by atoms with van der Waals surface area (Å²) in [5, 5.41) is 11.0. The lowest BCUT2D eigenvalue weighted by Gasteiger charge is -2.13.